The van der Waals surface area contributed by atoms with Crippen molar-refractivity contribution in [3.63, 3.8) is 0 Å². The molecule has 0 saturated carbocycles. The molecule has 5 heteroatoms. The zero-order chi connectivity index (χ0) is 14.0. The van der Waals surface area contributed by atoms with Gasteiger partial charge < -0.3 is 10.0 Å². The Balaban J connectivity index is 2.27. The molecule has 1 aromatic rings. The molecule has 1 N–H and O–H groups in total. The molecule has 0 spiro atoms. The van der Waals surface area contributed by atoms with Crippen molar-refractivity contribution >= 4 is 23.5 Å². The van der Waals surface area contributed by atoms with E-state index < -0.39 is 12.0 Å². The van der Waals surface area contributed by atoms with Gasteiger partial charge in [0, 0.05) is 17.7 Å². The number of amides is 1. The molecule has 0 aromatic heterocycles. The number of carboxylic acids is 1. The molecule has 1 aliphatic heterocycles. The van der Waals surface area contributed by atoms with Crippen molar-refractivity contribution in [1.29, 1.82) is 0 Å². The molecule has 0 aliphatic carbocycles. The van der Waals surface area contributed by atoms with Gasteiger partial charge in [-0.3, -0.25) is 4.79 Å². The quantitative estimate of drug-likeness (QED) is 0.840. The van der Waals surface area contributed by atoms with Crippen molar-refractivity contribution in [2.24, 2.45) is 0 Å². The van der Waals surface area contributed by atoms with Crippen LogP contribution in [0.1, 0.15) is 28.8 Å². The Morgan fingerprint density at radius 2 is 2.21 bits per heavy atom. The summed E-state index contributed by atoms with van der Waals surface area (Å²) in [6.45, 7) is 0.436. The Hall–Kier alpha value is -1.99. The summed E-state index contributed by atoms with van der Waals surface area (Å²) in [5, 5.41) is 9.32. The van der Waals surface area contributed by atoms with E-state index in [-0.39, 0.29) is 10.9 Å². The van der Waals surface area contributed by atoms with Crippen LogP contribution in [-0.4, -0.2) is 34.5 Å². The van der Waals surface area contributed by atoms with Crippen LogP contribution in [0.4, 0.5) is 0 Å². The molecule has 97 valence electrons. The van der Waals surface area contributed by atoms with E-state index in [1.165, 1.54) is 23.1 Å². The Bertz CT molecular complexity index is 577. The summed E-state index contributed by atoms with van der Waals surface area (Å²) >= 11 is 5.91. The minimum Gasteiger partial charge on any atom is -0.480 e. The van der Waals surface area contributed by atoms with Crippen LogP contribution in [0.5, 0.6) is 0 Å². The van der Waals surface area contributed by atoms with Gasteiger partial charge in [0.05, 0.1) is 5.02 Å². The van der Waals surface area contributed by atoms with E-state index in [0.717, 1.165) is 0 Å². The molecule has 4 nitrogen and oxygen atoms in total. The molecular formula is C14H11ClNO3. The first-order chi connectivity index (χ1) is 9.04. The molecule has 1 atom stereocenters. The van der Waals surface area contributed by atoms with Crippen LogP contribution in [0.15, 0.2) is 18.2 Å². The van der Waals surface area contributed by atoms with Gasteiger partial charge in [-0.1, -0.05) is 17.5 Å². The second-order valence-electron chi connectivity index (χ2n) is 4.31. The number of likely N-dealkylation sites (tertiary alicyclic amines) is 1. The summed E-state index contributed by atoms with van der Waals surface area (Å²) in [6.07, 6.45) is 8.17. The monoisotopic (exact) mass is 276 g/mol. The number of carbonyl (C=O) groups excluding carboxylic acids is 1. The number of carboxylic acid groups (broad SMARTS) is 1. The molecular weight excluding hydrogens is 266 g/mol. The average Bonchev–Trinajstić information content (AvgIpc) is 2.87. The number of aliphatic carboxylic acids is 1. The summed E-state index contributed by atoms with van der Waals surface area (Å²) in [5.41, 5.74) is 0.728. The fourth-order valence-electron chi connectivity index (χ4n) is 2.18. The van der Waals surface area contributed by atoms with Gasteiger partial charge in [0.1, 0.15) is 6.04 Å². The summed E-state index contributed by atoms with van der Waals surface area (Å²) in [7, 11) is 0. The van der Waals surface area contributed by atoms with E-state index in [4.69, 9.17) is 23.1 Å². The molecule has 1 saturated heterocycles. The van der Waals surface area contributed by atoms with E-state index in [9.17, 15) is 9.59 Å². The highest BCUT2D eigenvalue weighted by Crippen LogP contribution is 2.23. The first kappa shape index (κ1) is 13.4. The number of hydrogen-bond acceptors (Lipinski definition) is 2. The lowest BCUT2D eigenvalue weighted by Gasteiger charge is -2.21. The van der Waals surface area contributed by atoms with Crippen LogP contribution in [0.3, 0.4) is 0 Å². The molecule has 1 aromatic carbocycles. The molecule has 1 heterocycles. The van der Waals surface area contributed by atoms with Gasteiger partial charge in [-0.2, -0.15) is 0 Å². The van der Waals surface area contributed by atoms with Crippen LogP contribution in [-0.2, 0) is 4.79 Å². The Morgan fingerprint density at radius 1 is 1.47 bits per heavy atom. The lowest BCUT2D eigenvalue weighted by atomic mass is 10.1. The summed E-state index contributed by atoms with van der Waals surface area (Å²) in [6, 6.07) is 3.73. The van der Waals surface area contributed by atoms with Gasteiger partial charge >= 0.3 is 5.97 Å². The van der Waals surface area contributed by atoms with Crippen LogP contribution in [0.25, 0.3) is 0 Å². The van der Waals surface area contributed by atoms with Crippen molar-refractivity contribution in [2.75, 3.05) is 6.54 Å². The van der Waals surface area contributed by atoms with Gasteiger partial charge in [0.2, 0.25) is 0 Å². The van der Waals surface area contributed by atoms with E-state index in [2.05, 4.69) is 5.92 Å². The second-order valence-corrected chi connectivity index (χ2v) is 4.72. The first-order valence-corrected chi connectivity index (χ1v) is 6.18. The smallest absolute Gasteiger partial charge is 0.326 e. The highest BCUT2D eigenvalue weighted by molar-refractivity contribution is 6.32. The van der Waals surface area contributed by atoms with Crippen LogP contribution in [0.2, 0.25) is 5.02 Å². The van der Waals surface area contributed by atoms with Crippen LogP contribution < -0.4 is 0 Å². The summed E-state index contributed by atoms with van der Waals surface area (Å²) in [4.78, 5) is 24.7. The van der Waals surface area contributed by atoms with Gasteiger partial charge in [-0.05, 0) is 37.5 Å². The minimum absolute atomic E-state index is 0.256. The van der Waals surface area contributed by atoms with Gasteiger partial charge in [-0.15, -0.1) is 0 Å². The predicted molar refractivity (Wildman–Crippen MR) is 69.4 cm³/mol. The topological polar surface area (TPSA) is 57.6 Å². The van der Waals surface area contributed by atoms with E-state index in [0.29, 0.717) is 30.5 Å². The summed E-state index contributed by atoms with van der Waals surface area (Å²) in [5.74, 6) is 0.828. The fourth-order valence-corrected chi connectivity index (χ4v) is 2.41. The number of carbonyl (C=O) groups is 2. The number of nitrogens with zero attached hydrogens (tertiary/aromatic N) is 1. The van der Waals surface area contributed by atoms with Crippen LogP contribution in [0, 0.1) is 12.3 Å². The highest BCUT2D eigenvalue weighted by atomic mass is 35.5. The van der Waals surface area contributed by atoms with Gasteiger partial charge in [0.25, 0.3) is 5.91 Å². The van der Waals surface area contributed by atoms with E-state index in [1.54, 1.807) is 0 Å². The molecule has 0 bridgehead atoms. The third-order valence-corrected chi connectivity index (χ3v) is 3.46. The number of rotatable bonds is 2. The SMILES string of the molecule is [C]#Cc1ccc(C(=O)N2CCCC2C(=O)O)cc1Cl. The zero-order valence-corrected chi connectivity index (χ0v) is 10.8. The minimum atomic E-state index is -0.985. The number of hydrogen-bond donors (Lipinski definition) is 1. The third-order valence-electron chi connectivity index (χ3n) is 3.15. The van der Waals surface area contributed by atoms with Crippen molar-refractivity contribution in [1.82, 2.24) is 4.90 Å². The predicted octanol–water partition coefficient (Wildman–Crippen LogP) is 1.97. The van der Waals surface area contributed by atoms with Gasteiger partial charge in [0.15, 0.2) is 0 Å². The molecule has 1 radical (unpaired) electrons. The maximum absolute atomic E-state index is 12.3. The Morgan fingerprint density at radius 3 is 2.79 bits per heavy atom. The second kappa shape index (κ2) is 5.33. The number of benzene rings is 1. The molecule has 1 aliphatic rings. The molecule has 1 unspecified atom stereocenters. The van der Waals surface area contributed by atoms with Crippen molar-refractivity contribution in [3.05, 3.63) is 40.8 Å². The summed E-state index contributed by atoms with van der Waals surface area (Å²) < 4.78 is 0. The lowest BCUT2D eigenvalue weighted by Crippen LogP contribution is -2.40. The van der Waals surface area contributed by atoms with Crippen molar-refractivity contribution < 1.29 is 14.7 Å². The molecule has 2 rings (SSSR count). The van der Waals surface area contributed by atoms with E-state index >= 15 is 0 Å². The zero-order valence-electron chi connectivity index (χ0n) is 10.0. The maximum Gasteiger partial charge on any atom is 0.326 e. The standard InChI is InChI=1S/C14H11ClNO3/c1-2-9-5-6-10(8-11(9)15)13(17)16-7-3-4-12(16)14(18)19/h5-6,8,12H,3-4,7H2,(H,18,19). The largest absolute Gasteiger partial charge is 0.480 e. The highest BCUT2D eigenvalue weighted by Gasteiger charge is 2.34. The average molecular weight is 277 g/mol. The normalized spacial score (nSPS) is 18.1. The molecule has 19 heavy (non-hydrogen) atoms. The molecule has 1 amide bonds. The maximum atomic E-state index is 12.3. The number of halogens is 1. The Kier molecular flexibility index (Phi) is 3.77. The third kappa shape index (κ3) is 2.56. The lowest BCUT2D eigenvalue weighted by molar-refractivity contribution is -0.141. The van der Waals surface area contributed by atoms with Crippen molar-refractivity contribution in [3.8, 4) is 5.92 Å². The fraction of sp³-hybridized carbons (Fsp3) is 0.286. The van der Waals surface area contributed by atoms with E-state index in [1.807, 2.05) is 0 Å². The Labute approximate surface area is 116 Å². The van der Waals surface area contributed by atoms with Gasteiger partial charge in [-0.25, -0.2) is 4.79 Å². The first-order valence-electron chi connectivity index (χ1n) is 5.80. The molecule has 1 fully saturated rings. The van der Waals surface area contributed by atoms with Crippen LogP contribution >= 0.6 is 11.6 Å². The van der Waals surface area contributed by atoms with Crippen molar-refractivity contribution in [2.45, 2.75) is 18.9 Å².